The summed E-state index contributed by atoms with van der Waals surface area (Å²) < 4.78 is 5.45. The number of carboxylic acids is 1. The van der Waals surface area contributed by atoms with E-state index in [0.717, 1.165) is 19.3 Å². The van der Waals surface area contributed by atoms with Crippen LogP contribution in [0, 0.1) is 5.92 Å². The third-order valence-corrected chi connectivity index (χ3v) is 5.51. The predicted octanol–water partition coefficient (Wildman–Crippen LogP) is 2.24. The highest BCUT2D eigenvalue weighted by molar-refractivity contribution is 5.78. The van der Waals surface area contributed by atoms with Crippen molar-refractivity contribution in [3.05, 3.63) is 35.9 Å². The molecule has 2 amide bonds. The van der Waals surface area contributed by atoms with E-state index in [9.17, 15) is 14.7 Å². The van der Waals surface area contributed by atoms with Crippen molar-refractivity contribution >= 4 is 12.0 Å². The van der Waals surface area contributed by atoms with Crippen LogP contribution >= 0.6 is 0 Å². The molecule has 0 saturated carbocycles. The van der Waals surface area contributed by atoms with Gasteiger partial charge in [0.25, 0.3) is 0 Å². The number of hydrogen-bond acceptors (Lipinski definition) is 3. The molecular weight excluding hydrogens is 320 g/mol. The van der Waals surface area contributed by atoms with Gasteiger partial charge < -0.3 is 19.6 Å². The maximum Gasteiger partial charge on any atom is 0.320 e. The van der Waals surface area contributed by atoms with E-state index in [1.807, 2.05) is 18.2 Å². The molecular formula is C19H26N2O4. The largest absolute Gasteiger partial charge is 0.481 e. The fraction of sp³-hybridized carbons (Fsp3) is 0.579. The van der Waals surface area contributed by atoms with Crippen molar-refractivity contribution in [2.24, 2.45) is 5.92 Å². The van der Waals surface area contributed by atoms with Crippen molar-refractivity contribution in [3.63, 3.8) is 0 Å². The summed E-state index contributed by atoms with van der Waals surface area (Å²) in [6.07, 6.45) is 2.75. The Bertz CT molecular complexity index is 613. The molecule has 1 atom stereocenters. The van der Waals surface area contributed by atoms with Gasteiger partial charge in [0.1, 0.15) is 0 Å². The maximum atomic E-state index is 13.0. The SMILES string of the molecule is CN(CCc1ccccc1)C(=O)N1CC(C(=O)O)CC12CCOCC2. The van der Waals surface area contributed by atoms with E-state index in [0.29, 0.717) is 32.7 Å². The van der Waals surface area contributed by atoms with E-state index < -0.39 is 11.9 Å². The smallest absolute Gasteiger partial charge is 0.320 e. The Morgan fingerprint density at radius 3 is 2.60 bits per heavy atom. The van der Waals surface area contributed by atoms with Gasteiger partial charge in [-0.15, -0.1) is 0 Å². The number of likely N-dealkylation sites (N-methyl/N-ethyl adjacent to an activating group) is 1. The fourth-order valence-electron chi connectivity index (χ4n) is 3.96. The first kappa shape index (κ1) is 17.7. The van der Waals surface area contributed by atoms with Crippen LogP contribution in [-0.2, 0) is 16.0 Å². The Hall–Kier alpha value is -2.08. The van der Waals surface area contributed by atoms with E-state index in [1.54, 1.807) is 16.8 Å². The van der Waals surface area contributed by atoms with Gasteiger partial charge in [-0.2, -0.15) is 0 Å². The van der Waals surface area contributed by atoms with Crippen LogP contribution in [0.15, 0.2) is 30.3 Å². The molecule has 1 spiro atoms. The number of benzene rings is 1. The number of rotatable bonds is 4. The molecule has 6 heteroatoms. The number of carbonyl (C=O) groups excluding carboxylic acids is 1. The Morgan fingerprint density at radius 2 is 1.96 bits per heavy atom. The highest BCUT2D eigenvalue weighted by Gasteiger charge is 2.51. The number of amides is 2. The maximum absolute atomic E-state index is 13.0. The zero-order valence-electron chi connectivity index (χ0n) is 14.7. The number of nitrogens with zero attached hydrogens (tertiary/aromatic N) is 2. The molecule has 136 valence electrons. The lowest BCUT2D eigenvalue weighted by molar-refractivity contribution is -0.141. The van der Waals surface area contributed by atoms with Gasteiger partial charge in [-0.1, -0.05) is 30.3 Å². The van der Waals surface area contributed by atoms with Crippen LogP contribution in [0.2, 0.25) is 0 Å². The molecule has 0 aliphatic carbocycles. The van der Waals surface area contributed by atoms with Crippen LogP contribution in [0.25, 0.3) is 0 Å². The second-order valence-electron chi connectivity index (χ2n) is 7.13. The first-order valence-corrected chi connectivity index (χ1v) is 8.89. The van der Waals surface area contributed by atoms with Crippen molar-refractivity contribution in [2.45, 2.75) is 31.2 Å². The van der Waals surface area contributed by atoms with Gasteiger partial charge in [-0.3, -0.25) is 4.79 Å². The Labute approximate surface area is 148 Å². The van der Waals surface area contributed by atoms with Gasteiger partial charge in [0.2, 0.25) is 0 Å². The summed E-state index contributed by atoms with van der Waals surface area (Å²) in [4.78, 5) is 28.0. The normalized spacial score (nSPS) is 22.1. The highest BCUT2D eigenvalue weighted by Crippen LogP contribution is 2.41. The zero-order valence-corrected chi connectivity index (χ0v) is 14.7. The van der Waals surface area contributed by atoms with Gasteiger partial charge in [-0.05, 0) is 31.2 Å². The molecule has 2 saturated heterocycles. The summed E-state index contributed by atoms with van der Waals surface area (Å²) in [6, 6.07) is 9.99. The van der Waals surface area contributed by atoms with Crippen molar-refractivity contribution in [1.29, 1.82) is 0 Å². The first-order valence-electron chi connectivity index (χ1n) is 8.89. The molecule has 6 nitrogen and oxygen atoms in total. The Balaban J connectivity index is 1.68. The summed E-state index contributed by atoms with van der Waals surface area (Å²) >= 11 is 0. The summed E-state index contributed by atoms with van der Waals surface area (Å²) in [5.74, 6) is -1.29. The summed E-state index contributed by atoms with van der Waals surface area (Å²) in [5, 5.41) is 9.43. The Morgan fingerprint density at radius 1 is 1.28 bits per heavy atom. The molecule has 0 radical (unpaired) electrons. The van der Waals surface area contributed by atoms with Crippen molar-refractivity contribution in [1.82, 2.24) is 9.80 Å². The number of hydrogen-bond donors (Lipinski definition) is 1. The minimum Gasteiger partial charge on any atom is -0.481 e. The summed E-state index contributed by atoms with van der Waals surface area (Å²) in [6.45, 7) is 2.08. The van der Waals surface area contributed by atoms with Gasteiger partial charge in [0.05, 0.1) is 5.92 Å². The van der Waals surface area contributed by atoms with E-state index in [2.05, 4.69) is 12.1 Å². The van der Waals surface area contributed by atoms with Crippen LogP contribution in [0.5, 0.6) is 0 Å². The average Bonchev–Trinajstić information content (AvgIpc) is 2.99. The molecule has 3 rings (SSSR count). The average molecular weight is 346 g/mol. The number of likely N-dealkylation sites (tertiary alicyclic amines) is 1. The van der Waals surface area contributed by atoms with Gasteiger partial charge in [0.15, 0.2) is 0 Å². The lowest BCUT2D eigenvalue weighted by atomic mass is 9.85. The van der Waals surface area contributed by atoms with Gasteiger partial charge in [-0.25, -0.2) is 4.79 Å². The van der Waals surface area contributed by atoms with Crippen molar-refractivity contribution < 1.29 is 19.4 Å². The lowest BCUT2D eigenvalue weighted by Gasteiger charge is -2.42. The topological polar surface area (TPSA) is 70.1 Å². The second-order valence-corrected chi connectivity index (χ2v) is 7.13. The van der Waals surface area contributed by atoms with Gasteiger partial charge >= 0.3 is 12.0 Å². The van der Waals surface area contributed by atoms with Crippen LogP contribution in [0.3, 0.4) is 0 Å². The summed E-state index contributed by atoms with van der Waals surface area (Å²) in [7, 11) is 1.80. The molecule has 2 aliphatic heterocycles. The van der Waals surface area contributed by atoms with Crippen LogP contribution in [-0.4, -0.2) is 65.8 Å². The zero-order chi connectivity index (χ0) is 17.9. The number of ether oxygens (including phenoxy) is 1. The Kier molecular flexibility index (Phi) is 5.27. The third-order valence-electron chi connectivity index (χ3n) is 5.51. The number of carboxylic acid groups (broad SMARTS) is 1. The third kappa shape index (κ3) is 3.79. The quantitative estimate of drug-likeness (QED) is 0.908. The predicted molar refractivity (Wildman–Crippen MR) is 93.4 cm³/mol. The monoisotopic (exact) mass is 346 g/mol. The molecule has 1 unspecified atom stereocenters. The van der Waals surface area contributed by atoms with Crippen LogP contribution < -0.4 is 0 Å². The lowest BCUT2D eigenvalue weighted by Crippen LogP contribution is -2.54. The number of aliphatic carboxylic acids is 1. The molecule has 0 aromatic heterocycles. The molecule has 1 N–H and O–H groups in total. The molecule has 2 aliphatic rings. The molecule has 1 aromatic rings. The second kappa shape index (κ2) is 7.44. The highest BCUT2D eigenvalue weighted by atomic mass is 16.5. The van der Waals surface area contributed by atoms with Gasteiger partial charge in [0, 0.05) is 38.9 Å². The van der Waals surface area contributed by atoms with Crippen molar-refractivity contribution in [3.8, 4) is 0 Å². The molecule has 25 heavy (non-hydrogen) atoms. The minimum atomic E-state index is -0.812. The standard InChI is InChI=1S/C19H26N2O4/c1-20(10-7-15-5-3-2-4-6-15)18(24)21-14-16(17(22)23)13-19(21)8-11-25-12-9-19/h2-6,16H,7-14H2,1H3,(H,22,23). The number of carbonyl (C=O) groups is 2. The van der Waals surface area contributed by atoms with Crippen molar-refractivity contribution in [2.75, 3.05) is 33.4 Å². The first-order chi connectivity index (χ1) is 12.0. The summed E-state index contributed by atoms with van der Waals surface area (Å²) in [5.41, 5.74) is 0.826. The van der Waals surface area contributed by atoms with Crippen LogP contribution in [0.4, 0.5) is 4.79 Å². The molecule has 2 fully saturated rings. The fourth-order valence-corrected chi connectivity index (χ4v) is 3.96. The minimum absolute atomic E-state index is 0.0680. The van der Waals surface area contributed by atoms with E-state index >= 15 is 0 Å². The van der Waals surface area contributed by atoms with E-state index in [-0.39, 0.29) is 11.6 Å². The molecule has 1 aromatic carbocycles. The molecule has 0 bridgehead atoms. The number of urea groups is 1. The van der Waals surface area contributed by atoms with E-state index in [1.165, 1.54) is 5.56 Å². The van der Waals surface area contributed by atoms with Crippen LogP contribution in [0.1, 0.15) is 24.8 Å². The molecule has 2 heterocycles. The van der Waals surface area contributed by atoms with E-state index in [4.69, 9.17) is 4.74 Å².